The van der Waals surface area contributed by atoms with Gasteiger partial charge in [0.15, 0.2) is 0 Å². The summed E-state index contributed by atoms with van der Waals surface area (Å²) in [6.45, 7) is 5.05. The van der Waals surface area contributed by atoms with Gasteiger partial charge in [-0.05, 0) is 50.7 Å². The lowest BCUT2D eigenvalue weighted by Gasteiger charge is -2.30. The highest BCUT2D eigenvalue weighted by Gasteiger charge is 2.25. The zero-order valence-corrected chi connectivity index (χ0v) is 12.5. The lowest BCUT2D eigenvalue weighted by Crippen LogP contribution is -2.36. The number of nitrogens with zero attached hydrogens (tertiary/aromatic N) is 1. The van der Waals surface area contributed by atoms with E-state index in [0.717, 1.165) is 18.5 Å². The molecule has 0 aromatic carbocycles. The summed E-state index contributed by atoms with van der Waals surface area (Å²) in [5, 5.41) is 12.5. The standard InChI is InChI=1S/C16H26N2O2/c1-12(2)18-9-5-8-15(18)16(20)17-10-13-6-3-4-7-14(13)11-19/h5,8-9,12-14,19H,3-4,6-7,10-11H2,1-2H3,(H,17,20). The fourth-order valence-corrected chi connectivity index (χ4v) is 3.14. The first kappa shape index (κ1) is 15.1. The lowest BCUT2D eigenvalue weighted by molar-refractivity contribution is 0.0899. The van der Waals surface area contributed by atoms with Gasteiger partial charge in [-0.1, -0.05) is 12.8 Å². The van der Waals surface area contributed by atoms with Crippen molar-refractivity contribution >= 4 is 5.91 Å². The van der Waals surface area contributed by atoms with E-state index >= 15 is 0 Å². The van der Waals surface area contributed by atoms with E-state index in [1.54, 1.807) is 0 Å². The smallest absolute Gasteiger partial charge is 0.267 e. The number of rotatable bonds is 5. The van der Waals surface area contributed by atoms with Gasteiger partial charge < -0.3 is 15.0 Å². The zero-order chi connectivity index (χ0) is 14.5. The van der Waals surface area contributed by atoms with Crippen molar-refractivity contribution in [2.45, 2.75) is 45.6 Å². The number of hydrogen-bond acceptors (Lipinski definition) is 2. The second kappa shape index (κ2) is 6.93. The van der Waals surface area contributed by atoms with Crippen molar-refractivity contribution in [2.75, 3.05) is 13.2 Å². The molecule has 1 saturated carbocycles. The van der Waals surface area contributed by atoms with Gasteiger partial charge in [0.25, 0.3) is 5.91 Å². The molecule has 1 aromatic heterocycles. The van der Waals surface area contributed by atoms with E-state index in [2.05, 4.69) is 19.2 Å². The Hall–Kier alpha value is -1.29. The number of nitrogens with one attached hydrogen (secondary N) is 1. The molecule has 112 valence electrons. The Morgan fingerprint density at radius 3 is 2.75 bits per heavy atom. The SMILES string of the molecule is CC(C)n1cccc1C(=O)NCC1CCCCC1CO. The fraction of sp³-hybridized carbons (Fsp3) is 0.688. The minimum atomic E-state index is -0.00837. The average Bonchev–Trinajstić information content (AvgIpc) is 2.94. The Labute approximate surface area is 121 Å². The minimum absolute atomic E-state index is 0.00837. The van der Waals surface area contributed by atoms with Crippen LogP contribution < -0.4 is 5.32 Å². The molecule has 20 heavy (non-hydrogen) atoms. The lowest BCUT2D eigenvalue weighted by atomic mass is 9.79. The first-order valence-electron chi connectivity index (χ1n) is 7.69. The number of hydrogen-bond donors (Lipinski definition) is 2. The molecule has 0 spiro atoms. The maximum atomic E-state index is 12.3. The van der Waals surface area contributed by atoms with Gasteiger partial charge in [0, 0.05) is 25.4 Å². The molecule has 1 fully saturated rings. The molecule has 1 aliphatic carbocycles. The number of aromatic nitrogens is 1. The fourth-order valence-electron chi connectivity index (χ4n) is 3.14. The van der Waals surface area contributed by atoms with Crippen LogP contribution in [0.5, 0.6) is 0 Å². The third-order valence-corrected chi connectivity index (χ3v) is 4.39. The minimum Gasteiger partial charge on any atom is -0.396 e. The normalized spacial score (nSPS) is 23.0. The predicted octanol–water partition coefficient (Wildman–Crippen LogP) is 2.60. The van der Waals surface area contributed by atoms with E-state index in [9.17, 15) is 9.90 Å². The summed E-state index contributed by atoms with van der Waals surface area (Å²) in [5.41, 5.74) is 0.719. The molecule has 2 unspecified atom stereocenters. The van der Waals surface area contributed by atoms with Crippen LogP contribution in [-0.4, -0.2) is 28.7 Å². The second-order valence-corrected chi connectivity index (χ2v) is 6.09. The molecule has 2 atom stereocenters. The van der Waals surface area contributed by atoms with Crippen molar-refractivity contribution in [3.05, 3.63) is 24.0 Å². The summed E-state index contributed by atoms with van der Waals surface area (Å²) < 4.78 is 1.99. The molecule has 1 aromatic rings. The zero-order valence-electron chi connectivity index (χ0n) is 12.5. The molecule has 4 heteroatoms. The van der Waals surface area contributed by atoms with Crippen LogP contribution >= 0.6 is 0 Å². The highest BCUT2D eigenvalue weighted by molar-refractivity contribution is 5.92. The molecule has 1 aliphatic rings. The van der Waals surface area contributed by atoms with Crippen LogP contribution in [0.25, 0.3) is 0 Å². The summed E-state index contributed by atoms with van der Waals surface area (Å²) >= 11 is 0. The first-order chi connectivity index (χ1) is 9.63. The third-order valence-electron chi connectivity index (χ3n) is 4.39. The van der Waals surface area contributed by atoms with E-state index in [0.29, 0.717) is 18.4 Å². The Morgan fingerprint density at radius 2 is 2.10 bits per heavy atom. The van der Waals surface area contributed by atoms with Crippen LogP contribution in [0.3, 0.4) is 0 Å². The Morgan fingerprint density at radius 1 is 1.40 bits per heavy atom. The molecular formula is C16H26N2O2. The van der Waals surface area contributed by atoms with Gasteiger partial charge in [0.1, 0.15) is 5.69 Å². The third kappa shape index (κ3) is 3.42. The van der Waals surface area contributed by atoms with Crippen LogP contribution in [-0.2, 0) is 0 Å². The first-order valence-corrected chi connectivity index (χ1v) is 7.69. The van der Waals surface area contributed by atoms with Crippen molar-refractivity contribution in [3.63, 3.8) is 0 Å². The maximum absolute atomic E-state index is 12.3. The highest BCUT2D eigenvalue weighted by atomic mass is 16.3. The van der Waals surface area contributed by atoms with Crippen LogP contribution in [0.1, 0.15) is 56.1 Å². The molecule has 0 radical (unpaired) electrons. The number of aliphatic hydroxyl groups excluding tert-OH is 1. The Kier molecular flexibility index (Phi) is 5.24. The van der Waals surface area contributed by atoms with Crippen LogP contribution in [0.4, 0.5) is 0 Å². The van der Waals surface area contributed by atoms with Gasteiger partial charge in [-0.2, -0.15) is 0 Å². The largest absolute Gasteiger partial charge is 0.396 e. The van der Waals surface area contributed by atoms with Gasteiger partial charge in [0.05, 0.1) is 0 Å². The molecule has 2 rings (SSSR count). The topological polar surface area (TPSA) is 54.3 Å². The number of amides is 1. The molecule has 0 saturated heterocycles. The summed E-state index contributed by atoms with van der Waals surface area (Å²) in [5.74, 6) is 0.757. The van der Waals surface area contributed by atoms with Gasteiger partial charge >= 0.3 is 0 Å². The van der Waals surface area contributed by atoms with Crippen molar-refractivity contribution in [1.82, 2.24) is 9.88 Å². The highest BCUT2D eigenvalue weighted by Crippen LogP contribution is 2.29. The molecular weight excluding hydrogens is 252 g/mol. The number of aliphatic hydroxyl groups is 1. The van der Waals surface area contributed by atoms with Crippen molar-refractivity contribution in [1.29, 1.82) is 0 Å². The van der Waals surface area contributed by atoms with Gasteiger partial charge in [-0.3, -0.25) is 4.79 Å². The summed E-state index contributed by atoms with van der Waals surface area (Å²) in [6.07, 6.45) is 6.54. The second-order valence-electron chi connectivity index (χ2n) is 6.09. The molecule has 1 heterocycles. The number of carbonyl (C=O) groups excluding carboxylic acids is 1. The summed E-state index contributed by atoms with van der Waals surface area (Å²) in [7, 11) is 0. The van der Waals surface area contributed by atoms with Gasteiger partial charge in [-0.25, -0.2) is 0 Å². The molecule has 1 amide bonds. The maximum Gasteiger partial charge on any atom is 0.267 e. The molecule has 2 N–H and O–H groups in total. The quantitative estimate of drug-likeness (QED) is 0.870. The van der Waals surface area contributed by atoms with Crippen molar-refractivity contribution in [3.8, 4) is 0 Å². The van der Waals surface area contributed by atoms with E-state index in [1.807, 2.05) is 22.9 Å². The van der Waals surface area contributed by atoms with E-state index in [1.165, 1.54) is 12.8 Å². The van der Waals surface area contributed by atoms with Gasteiger partial charge in [0.2, 0.25) is 0 Å². The van der Waals surface area contributed by atoms with E-state index in [4.69, 9.17) is 0 Å². The Bertz CT molecular complexity index is 439. The van der Waals surface area contributed by atoms with Crippen LogP contribution in [0.15, 0.2) is 18.3 Å². The average molecular weight is 278 g/mol. The van der Waals surface area contributed by atoms with E-state index < -0.39 is 0 Å². The van der Waals surface area contributed by atoms with Crippen molar-refractivity contribution < 1.29 is 9.90 Å². The summed E-state index contributed by atoms with van der Waals surface area (Å²) in [4.78, 5) is 12.3. The predicted molar refractivity (Wildman–Crippen MR) is 79.7 cm³/mol. The Balaban J connectivity index is 1.93. The molecule has 0 bridgehead atoms. The molecule has 4 nitrogen and oxygen atoms in total. The summed E-state index contributed by atoms with van der Waals surface area (Å²) in [6, 6.07) is 4.05. The van der Waals surface area contributed by atoms with Crippen LogP contribution in [0.2, 0.25) is 0 Å². The van der Waals surface area contributed by atoms with Crippen molar-refractivity contribution in [2.24, 2.45) is 11.8 Å². The monoisotopic (exact) mass is 278 g/mol. The van der Waals surface area contributed by atoms with Gasteiger partial charge in [-0.15, -0.1) is 0 Å². The van der Waals surface area contributed by atoms with Crippen LogP contribution in [0, 0.1) is 11.8 Å². The van der Waals surface area contributed by atoms with E-state index in [-0.39, 0.29) is 18.6 Å². The molecule has 0 aliphatic heterocycles. The number of carbonyl (C=O) groups is 1.